The molecule has 0 saturated heterocycles. The number of nitrogens with one attached hydrogen (secondary N) is 1. The van der Waals surface area contributed by atoms with Gasteiger partial charge in [0.2, 0.25) is 5.91 Å². The number of carbonyl (C=O) groups excluding carboxylic acids is 2. The van der Waals surface area contributed by atoms with Gasteiger partial charge in [0.25, 0.3) is 5.91 Å². The molecule has 0 unspecified atom stereocenters. The van der Waals surface area contributed by atoms with Gasteiger partial charge >= 0.3 is 5.97 Å². The summed E-state index contributed by atoms with van der Waals surface area (Å²) in [5.41, 5.74) is 8.85. The zero-order chi connectivity index (χ0) is 22.1. The maximum atomic E-state index is 12.5. The van der Waals surface area contributed by atoms with Gasteiger partial charge in [-0.1, -0.05) is 42.0 Å². The third-order valence-corrected chi connectivity index (χ3v) is 6.40. The molecule has 8 heteroatoms. The molecule has 0 spiro atoms. The number of aromatic carboxylic acids is 1. The van der Waals surface area contributed by atoms with Crippen LogP contribution in [0.1, 0.15) is 38.0 Å². The van der Waals surface area contributed by atoms with Crippen LogP contribution < -0.4 is 15.8 Å². The number of aryl methyl sites for hydroxylation is 1. The van der Waals surface area contributed by atoms with Crippen LogP contribution in [-0.4, -0.2) is 29.5 Å². The number of thiophene rings is 1. The average Bonchev–Trinajstić information content (AvgIpc) is 3.12. The molecule has 0 aliphatic carbocycles. The Hall–Kier alpha value is -3.65. The topological polar surface area (TPSA) is 119 Å². The first-order chi connectivity index (χ1) is 14.8. The minimum absolute atomic E-state index is 0.172. The molecule has 0 saturated carbocycles. The Balaban J connectivity index is 1.77. The number of primary amides is 1. The highest BCUT2D eigenvalue weighted by molar-refractivity contribution is 7.15. The van der Waals surface area contributed by atoms with Gasteiger partial charge in [-0.05, 0) is 30.2 Å². The molecule has 2 aromatic carbocycles. The molecule has 158 valence electrons. The Bertz CT molecular complexity index is 1170. The number of ether oxygens (including phenoxy) is 1. The van der Waals surface area contributed by atoms with Crippen molar-refractivity contribution in [3.8, 4) is 16.9 Å². The lowest BCUT2D eigenvalue weighted by Gasteiger charge is -2.24. The van der Waals surface area contributed by atoms with Gasteiger partial charge < -0.3 is 20.9 Å². The van der Waals surface area contributed by atoms with Crippen LogP contribution in [-0.2, 0) is 9.59 Å². The third-order valence-electron chi connectivity index (χ3n) is 5.10. The molecule has 1 aliphatic heterocycles. The number of nitrogens with two attached hydrogens (primary N) is 1. The standard InChI is InChI=1S/C23H20N2O5S/c1-12-2-4-14(5-3-12)19-20-21(31-22(19)23(28)29)16(10-18(27)25-20)13-6-8-15(9-7-13)30-11-17(24)26/h2-9,16H,10-11H2,1H3,(H2,24,26)(H,25,27)(H,28,29)/t16-/m1/s1. The molecule has 1 aliphatic rings. The Morgan fingerprint density at radius 3 is 2.45 bits per heavy atom. The van der Waals surface area contributed by atoms with E-state index in [9.17, 15) is 19.5 Å². The zero-order valence-corrected chi connectivity index (χ0v) is 17.5. The summed E-state index contributed by atoms with van der Waals surface area (Å²) >= 11 is 1.19. The fraction of sp³-hybridized carbons (Fsp3) is 0.174. The Kier molecular flexibility index (Phi) is 5.48. The van der Waals surface area contributed by atoms with Gasteiger partial charge in [0.15, 0.2) is 6.61 Å². The summed E-state index contributed by atoms with van der Waals surface area (Å²) in [6.07, 6.45) is 0.210. The van der Waals surface area contributed by atoms with Gasteiger partial charge in [0, 0.05) is 22.8 Å². The van der Waals surface area contributed by atoms with Crippen molar-refractivity contribution in [3.05, 3.63) is 69.4 Å². The predicted octanol–water partition coefficient (Wildman–Crippen LogP) is 3.76. The summed E-state index contributed by atoms with van der Waals surface area (Å²) in [5, 5.41) is 12.7. The maximum Gasteiger partial charge on any atom is 0.346 e. The molecule has 31 heavy (non-hydrogen) atoms. The van der Waals surface area contributed by atoms with E-state index < -0.39 is 11.9 Å². The van der Waals surface area contributed by atoms with Crippen LogP contribution in [0.5, 0.6) is 5.75 Å². The van der Waals surface area contributed by atoms with E-state index in [0.29, 0.717) is 17.0 Å². The summed E-state index contributed by atoms with van der Waals surface area (Å²) in [7, 11) is 0. The fourth-order valence-corrected chi connectivity index (χ4v) is 4.90. The molecular weight excluding hydrogens is 416 g/mol. The summed E-state index contributed by atoms with van der Waals surface area (Å²) in [6.45, 7) is 1.74. The number of carboxylic acids is 1. The number of benzene rings is 2. The minimum Gasteiger partial charge on any atom is -0.484 e. The molecule has 3 aromatic rings. The van der Waals surface area contributed by atoms with Gasteiger partial charge in [-0.15, -0.1) is 11.3 Å². The molecule has 2 heterocycles. The molecule has 0 fully saturated rings. The second-order valence-corrected chi connectivity index (χ2v) is 8.40. The van der Waals surface area contributed by atoms with Crippen molar-refractivity contribution < 1.29 is 24.2 Å². The first kappa shape index (κ1) is 20.6. The lowest BCUT2D eigenvalue weighted by atomic mass is 9.88. The second-order valence-electron chi connectivity index (χ2n) is 7.35. The summed E-state index contributed by atoms with van der Waals surface area (Å²) in [5.74, 6) is -1.56. The van der Waals surface area contributed by atoms with Crippen LogP contribution in [0, 0.1) is 6.92 Å². The monoisotopic (exact) mass is 436 g/mol. The second kappa shape index (κ2) is 8.23. The maximum absolute atomic E-state index is 12.5. The van der Waals surface area contributed by atoms with Crippen molar-refractivity contribution in [2.24, 2.45) is 5.73 Å². The molecule has 2 amide bonds. The van der Waals surface area contributed by atoms with Crippen LogP contribution in [0.15, 0.2) is 48.5 Å². The Morgan fingerprint density at radius 2 is 1.84 bits per heavy atom. The highest BCUT2D eigenvalue weighted by Crippen LogP contribution is 2.49. The number of carbonyl (C=O) groups is 3. The van der Waals surface area contributed by atoms with Crippen molar-refractivity contribution in [3.63, 3.8) is 0 Å². The van der Waals surface area contributed by atoms with E-state index in [4.69, 9.17) is 10.5 Å². The average molecular weight is 436 g/mol. The quantitative estimate of drug-likeness (QED) is 0.544. The number of hydrogen-bond acceptors (Lipinski definition) is 5. The molecule has 4 rings (SSSR count). The van der Waals surface area contributed by atoms with E-state index in [1.54, 1.807) is 12.1 Å². The fourth-order valence-electron chi connectivity index (χ4n) is 3.65. The Labute approximate surface area is 182 Å². The smallest absolute Gasteiger partial charge is 0.346 e. The van der Waals surface area contributed by atoms with Crippen LogP contribution in [0.2, 0.25) is 0 Å². The predicted molar refractivity (Wildman–Crippen MR) is 118 cm³/mol. The van der Waals surface area contributed by atoms with Gasteiger partial charge in [0.05, 0.1) is 5.69 Å². The zero-order valence-electron chi connectivity index (χ0n) is 16.7. The van der Waals surface area contributed by atoms with E-state index in [-0.39, 0.29) is 29.7 Å². The summed E-state index contributed by atoms with van der Waals surface area (Å²) in [6, 6.07) is 14.6. The Morgan fingerprint density at radius 1 is 1.16 bits per heavy atom. The number of amides is 2. The lowest BCUT2D eigenvalue weighted by Crippen LogP contribution is -2.22. The van der Waals surface area contributed by atoms with Crippen molar-refractivity contribution in [2.45, 2.75) is 19.3 Å². The van der Waals surface area contributed by atoms with Crippen molar-refractivity contribution in [1.29, 1.82) is 0 Å². The third kappa shape index (κ3) is 4.15. The highest BCUT2D eigenvalue weighted by atomic mass is 32.1. The van der Waals surface area contributed by atoms with Gasteiger partial charge in [0.1, 0.15) is 10.6 Å². The first-order valence-electron chi connectivity index (χ1n) is 9.61. The normalized spacial score (nSPS) is 15.1. The largest absolute Gasteiger partial charge is 0.484 e. The summed E-state index contributed by atoms with van der Waals surface area (Å²) in [4.78, 5) is 36.5. The van der Waals surface area contributed by atoms with Gasteiger partial charge in [-0.2, -0.15) is 0 Å². The van der Waals surface area contributed by atoms with Crippen molar-refractivity contribution in [2.75, 3.05) is 11.9 Å². The van der Waals surface area contributed by atoms with Crippen LogP contribution in [0.25, 0.3) is 11.1 Å². The molecule has 4 N–H and O–H groups in total. The van der Waals surface area contributed by atoms with Crippen molar-refractivity contribution in [1.82, 2.24) is 0 Å². The van der Waals surface area contributed by atoms with Gasteiger partial charge in [-0.3, -0.25) is 9.59 Å². The van der Waals surface area contributed by atoms with E-state index in [1.165, 1.54) is 11.3 Å². The number of anilines is 1. The number of fused-ring (bicyclic) bond motifs is 1. The lowest BCUT2D eigenvalue weighted by molar-refractivity contribution is -0.120. The number of carboxylic acid groups (broad SMARTS) is 1. The van der Waals surface area contributed by atoms with Gasteiger partial charge in [-0.25, -0.2) is 4.79 Å². The van der Waals surface area contributed by atoms with Crippen LogP contribution in [0.3, 0.4) is 0 Å². The SMILES string of the molecule is Cc1ccc(-c2c(C(=O)O)sc3c2NC(=O)C[C@@H]3c2ccc(OCC(N)=O)cc2)cc1. The van der Waals surface area contributed by atoms with Crippen LogP contribution >= 0.6 is 11.3 Å². The van der Waals surface area contributed by atoms with E-state index >= 15 is 0 Å². The molecule has 1 aromatic heterocycles. The summed E-state index contributed by atoms with van der Waals surface area (Å²) < 4.78 is 5.29. The van der Waals surface area contributed by atoms with Crippen LogP contribution in [0.4, 0.5) is 5.69 Å². The van der Waals surface area contributed by atoms with E-state index in [0.717, 1.165) is 21.6 Å². The van der Waals surface area contributed by atoms with E-state index in [1.807, 2.05) is 43.3 Å². The highest BCUT2D eigenvalue weighted by Gasteiger charge is 2.34. The molecule has 0 bridgehead atoms. The minimum atomic E-state index is -1.03. The van der Waals surface area contributed by atoms with E-state index in [2.05, 4.69) is 5.32 Å². The van der Waals surface area contributed by atoms with Crippen molar-refractivity contribution >= 4 is 34.8 Å². The molecule has 1 atom stereocenters. The number of hydrogen-bond donors (Lipinski definition) is 3. The molecule has 0 radical (unpaired) electrons. The molecular formula is C23H20N2O5S. The first-order valence-corrected chi connectivity index (χ1v) is 10.4. The number of rotatable bonds is 6. The molecule has 7 nitrogen and oxygen atoms in total.